The molecule has 1 saturated carbocycles. The molecule has 0 saturated heterocycles. The summed E-state index contributed by atoms with van der Waals surface area (Å²) in [5.74, 6) is -0.0820. The van der Waals surface area contributed by atoms with Gasteiger partial charge in [-0.1, -0.05) is 5.10 Å². The summed E-state index contributed by atoms with van der Waals surface area (Å²) in [6.07, 6.45) is 3.91. The molecule has 82 valence electrons. The Hall–Kier alpha value is -1.63. The van der Waals surface area contributed by atoms with E-state index in [4.69, 9.17) is 0 Å². The highest BCUT2D eigenvalue weighted by atomic mass is 16.6. The van der Waals surface area contributed by atoms with Crippen LogP contribution in [0.1, 0.15) is 12.8 Å². The number of hydrogen-bond donors (Lipinski definition) is 3. The maximum atomic E-state index is 10.5. The van der Waals surface area contributed by atoms with Crippen LogP contribution in [-0.4, -0.2) is 34.3 Å². The number of nitro groups is 1. The summed E-state index contributed by atoms with van der Waals surface area (Å²) in [6.45, 7) is 1.48. The van der Waals surface area contributed by atoms with E-state index in [-0.39, 0.29) is 5.82 Å². The number of nitrogens with one attached hydrogen (secondary N) is 3. The third-order valence-electron chi connectivity index (χ3n) is 2.25. The largest absolute Gasteiger partial charge is 0.376 e. The molecule has 15 heavy (non-hydrogen) atoms. The molecule has 3 N–H and O–H groups in total. The van der Waals surface area contributed by atoms with Crippen molar-refractivity contribution in [2.24, 2.45) is 0 Å². The van der Waals surface area contributed by atoms with Gasteiger partial charge in [0.05, 0.1) is 0 Å². The van der Waals surface area contributed by atoms with Gasteiger partial charge in [0.15, 0.2) is 5.69 Å². The first-order valence-corrected chi connectivity index (χ1v) is 4.92. The van der Waals surface area contributed by atoms with Crippen LogP contribution < -0.4 is 10.6 Å². The third kappa shape index (κ3) is 2.66. The molecule has 1 aliphatic rings. The zero-order chi connectivity index (χ0) is 10.7. The van der Waals surface area contributed by atoms with Crippen LogP contribution in [-0.2, 0) is 0 Å². The molecule has 0 unspecified atom stereocenters. The van der Waals surface area contributed by atoms with Crippen LogP contribution in [0.4, 0.5) is 11.5 Å². The van der Waals surface area contributed by atoms with Crippen LogP contribution >= 0.6 is 0 Å². The van der Waals surface area contributed by atoms with Crippen molar-refractivity contribution >= 4 is 11.5 Å². The van der Waals surface area contributed by atoms with E-state index < -0.39 is 4.92 Å². The predicted octanol–water partition coefficient (Wildman–Crippen LogP) is 0.482. The number of H-pyrrole nitrogens is 1. The lowest BCUT2D eigenvalue weighted by atomic mass is 10.5. The average Bonchev–Trinajstić information content (AvgIpc) is 2.90. The van der Waals surface area contributed by atoms with Crippen molar-refractivity contribution in [2.75, 3.05) is 18.4 Å². The molecule has 1 aliphatic carbocycles. The molecule has 1 heterocycles. The third-order valence-corrected chi connectivity index (χ3v) is 2.25. The average molecular weight is 211 g/mol. The fourth-order valence-electron chi connectivity index (χ4n) is 1.31. The minimum absolute atomic E-state index is 0.0820. The highest BCUT2D eigenvalue weighted by Gasteiger charge is 2.20. The van der Waals surface area contributed by atoms with E-state index in [1.54, 1.807) is 0 Å². The molecule has 0 spiro atoms. The quantitative estimate of drug-likeness (QED) is 0.361. The highest BCUT2D eigenvalue weighted by Crippen LogP contribution is 2.20. The molecule has 0 aliphatic heterocycles. The van der Waals surface area contributed by atoms with E-state index in [1.165, 1.54) is 19.0 Å². The van der Waals surface area contributed by atoms with Gasteiger partial charge in [0, 0.05) is 19.1 Å². The van der Waals surface area contributed by atoms with E-state index in [1.807, 2.05) is 0 Å². The van der Waals surface area contributed by atoms with Crippen LogP contribution in [0.3, 0.4) is 0 Å². The molecule has 0 bridgehead atoms. The van der Waals surface area contributed by atoms with Crippen molar-refractivity contribution in [3.8, 4) is 0 Å². The van der Waals surface area contributed by atoms with Crippen molar-refractivity contribution < 1.29 is 4.92 Å². The van der Waals surface area contributed by atoms with Crippen LogP contribution in [0.2, 0.25) is 0 Å². The number of rotatable bonds is 6. The minimum Gasteiger partial charge on any atom is -0.376 e. The lowest BCUT2D eigenvalue weighted by molar-refractivity contribution is -0.388. The van der Waals surface area contributed by atoms with E-state index >= 15 is 0 Å². The number of nitrogens with zero attached hydrogens (tertiary/aromatic N) is 2. The summed E-state index contributed by atoms with van der Waals surface area (Å²) in [7, 11) is 0. The summed E-state index contributed by atoms with van der Waals surface area (Å²) in [5, 5.41) is 22.7. The maximum absolute atomic E-state index is 10.5. The van der Waals surface area contributed by atoms with Crippen molar-refractivity contribution in [2.45, 2.75) is 18.9 Å². The number of hydrogen-bond acceptors (Lipinski definition) is 5. The van der Waals surface area contributed by atoms with E-state index in [9.17, 15) is 10.1 Å². The molecule has 0 aromatic carbocycles. The Morgan fingerprint density at radius 1 is 1.60 bits per heavy atom. The number of aromatic nitrogens is 2. The molecule has 7 nitrogen and oxygen atoms in total. The van der Waals surface area contributed by atoms with Gasteiger partial charge in [-0.05, 0) is 17.8 Å². The van der Waals surface area contributed by atoms with Gasteiger partial charge in [-0.15, -0.1) is 5.10 Å². The summed E-state index contributed by atoms with van der Waals surface area (Å²) in [5.41, 5.74) is 0.442. The van der Waals surface area contributed by atoms with Gasteiger partial charge in [0.2, 0.25) is 0 Å². The highest BCUT2D eigenvalue weighted by molar-refractivity contribution is 5.55. The zero-order valence-corrected chi connectivity index (χ0v) is 8.19. The van der Waals surface area contributed by atoms with Gasteiger partial charge in [0.25, 0.3) is 0 Å². The second kappa shape index (κ2) is 4.26. The van der Waals surface area contributed by atoms with Crippen LogP contribution in [0, 0.1) is 10.1 Å². The maximum Gasteiger partial charge on any atom is 0.366 e. The zero-order valence-electron chi connectivity index (χ0n) is 8.19. The van der Waals surface area contributed by atoms with E-state index in [0.717, 1.165) is 6.54 Å². The second-order valence-electron chi connectivity index (χ2n) is 3.54. The van der Waals surface area contributed by atoms with Crippen molar-refractivity contribution in [1.29, 1.82) is 0 Å². The summed E-state index contributed by atoms with van der Waals surface area (Å²) < 4.78 is 0. The molecule has 0 amide bonds. The van der Waals surface area contributed by atoms with Gasteiger partial charge in [-0.25, -0.2) is 0 Å². The SMILES string of the molecule is O=[N+]([O-])c1[nH]ncc1NCCNC1CC1. The minimum atomic E-state index is -0.482. The van der Waals surface area contributed by atoms with Crippen molar-refractivity contribution in [3.63, 3.8) is 0 Å². The van der Waals surface area contributed by atoms with Gasteiger partial charge < -0.3 is 20.7 Å². The topological polar surface area (TPSA) is 95.9 Å². The Bertz CT molecular complexity index is 347. The Balaban J connectivity index is 1.76. The fraction of sp³-hybridized carbons (Fsp3) is 0.625. The van der Waals surface area contributed by atoms with Crippen LogP contribution in [0.15, 0.2) is 6.20 Å². The molecular formula is C8H13N5O2. The van der Waals surface area contributed by atoms with Crippen LogP contribution in [0.25, 0.3) is 0 Å². The Kier molecular flexibility index (Phi) is 2.82. The summed E-state index contributed by atoms with van der Waals surface area (Å²) >= 11 is 0. The monoisotopic (exact) mass is 211 g/mol. The normalized spacial score (nSPS) is 15.2. The molecule has 0 atom stereocenters. The van der Waals surface area contributed by atoms with Gasteiger partial charge in [-0.2, -0.15) is 0 Å². The number of aromatic amines is 1. The van der Waals surface area contributed by atoms with E-state index in [2.05, 4.69) is 20.8 Å². The smallest absolute Gasteiger partial charge is 0.366 e. The standard InChI is InChI=1S/C8H13N5O2/c14-13(15)8-7(5-11-12-8)10-4-3-9-6-1-2-6/h5-6,9-10H,1-4H2,(H,11,12). The predicted molar refractivity (Wildman–Crippen MR) is 54.8 cm³/mol. The molecule has 1 fully saturated rings. The molecule has 0 radical (unpaired) electrons. The summed E-state index contributed by atoms with van der Waals surface area (Å²) in [6, 6.07) is 0.658. The molecule has 2 rings (SSSR count). The Labute approximate surface area is 86.4 Å². The Morgan fingerprint density at radius 2 is 2.40 bits per heavy atom. The summed E-state index contributed by atoms with van der Waals surface area (Å²) in [4.78, 5) is 10.0. The van der Waals surface area contributed by atoms with Gasteiger partial charge in [0.1, 0.15) is 6.20 Å². The fourth-order valence-corrected chi connectivity index (χ4v) is 1.31. The van der Waals surface area contributed by atoms with Gasteiger partial charge in [-0.3, -0.25) is 0 Å². The first kappa shape index (κ1) is 9.91. The molecular weight excluding hydrogens is 198 g/mol. The van der Waals surface area contributed by atoms with Crippen LogP contribution in [0.5, 0.6) is 0 Å². The first-order chi connectivity index (χ1) is 7.27. The lowest BCUT2D eigenvalue weighted by Crippen LogP contribution is -2.23. The molecule has 7 heteroatoms. The Morgan fingerprint density at radius 3 is 3.07 bits per heavy atom. The first-order valence-electron chi connectivity index (χ1n) is 4.92. The molecule has 1 aromatic rings. The molecule has 1 aromatic heterocycles. The van der Waals surface area contributed by atoms with Crippen molar-refractivity contribution in [3.05, 3.63) is 16.3 Å². The second-order valence-corrected chi connectivity index (χ2v) is 3.54. The van der Waals surface area contributed by atoms with E-state index in [0.29, 0.717) is 18.3 Å². The number of anilines is 1. The van der Waals surface area contributed by atoms with Gasteiger partial charge >= 0.3 is 5.82 Å². The van der Waals surface area contributed by atoms with Crippen molar-refractivity contribution in [1.82, 2.24) is 15.5 Å². The lowest BCUT2D eigenvalue weighted by Gasteiger charge is -2.04.